The van der Waals surface area contributed by atoms with E-state index in [0.717, 1.165) is 18.4 Å². The lowest BCUT2D eigenvalue weighted by Crippen LogP contribution is -2.24. The van der Waals surface area contributed by atoms with Gasteiger partial charge in [0.05, 0.1) is 16.3 Å². The van der Waals surface area contributed by atoms with Gasteiger partial charge < -0.3 is 10.5 Å². The summed E-state index contributed by atoms with van der Waals surface area (Å²) in [5.74, 6) is 0.216. The third-order valence-electron chi connectivity index (χ3n) is 2.79. The number of halogens is 2. The minimum atomic E-state index is 0.0541. The van der Waals surface area contributed by atoms with Crippen LogP contribution in [0.3, 0.4) is 0 Å². The van der Waals surface area contributed by atoms with Crippen molar-refractivity contribution in [2.24, 2.45) is 11.1 Å². The van der Waals surface area contributed by atoms with Gasteiger partial charge in [-0.2, -0.15) is 0 Å². The number of carbonyl (C=O) groups is 1. The number of carbonyl (C=O) groups excluding carboxylic acids is 1. The van der Waals surface area contributed by atoms with E-state index in [1.807, 2.05) is 0 Å². The molecule has 0 heterocycles. The standard InChI is InChI=1S/C12H12Cl2N2O2/c13-10-4-3-8(11(14)9(10)6-16-18)5-15-12(17)7-1-2-7/h3-4,6-7,18H,1-2,5H2,(H,15,17)/b16-6-. The van der Waals surface area contributed by atoms with Crippen LogP contribution in [0, 0.1) is 5.92 Å². The van der Waals surface area contributed by atoms with Gasteiger partial charge in [-0.3, -0.25) is 4.79 Å². The molecule has 96 valence electrons. The van der Waals surface area contributed by atoms with Crippen molar-refractivity contribution in [2.45, 2.75) is 19.4 Å². The average Bonchev–Trinajstić information content (AvgIpc) is 3.17. The van der Waals surface area contributed by atoms with Crippen LogP contribution < -0.4 is 5.32 Å². The highest BCUT2D eigenvalue weighted by Gasteiger charge is 2.29. The fourth-order valence-corrected chi connectivity index (χ4v) is 2.13. The monoisotopic (exact) mass is 286 g/mol. The van der Waals surface area contributed by atoms with Gasteiger partial charge in [0, 0.05) is 18.0 Å². The zero-order valence-electron chi connectivity index (χ0n) is 9.49. The van der Waals surface area contributed by atoms with Crippen LogP contribution in [-0.4, -0.2) is 17.3 Å². The van der Waals surface area contributed by atoms with Gasteiger partial charge in [0.25, 0.3) is 0 Å². The number of nitrogens with one attached hydrogen (secondary N) is 1. The molecule has 1 saturated carbocycles. The highest BCUT2D eigenvalue weighted by atomic mass is 35.5. The maximum absolute atomic E-state index is 11.5. The number of amides is 1. The molecule has 0 aliphatic heterocycles. The Labute approximate surface area is 115 Å². The second kappa shape index (κ2) is 5.59. The molecule has 0 saturated heterocycles. The number of oxime groups is 1. The van der Waals surface area contributed by atoms with Crippen LogP contribution >= 0.6 is 23.2 Å². The Bertz CT molecular complexity index is 499. The fraction of sp³-hybridized carbons (Fsp3) is 0.333. The molecule has 1 aromatic carbocycles. The fourth-order valence-electron chi connectivity index (χ4n) is 1.60. The van der Waals surface area contributed by atoms with Crippen molar-refractivity contribution in [2.75, 3.05) is 0 Å². The molecule has 0 bridgehead atoms. The predicted molar refractivity (Wildman–Crippen MR) is 70.4 cm³/mol. The highest BCUT2D eigenvalue weighted by molar-refractivity contribution is 6.39. The average molecular weight is 287 g/mol. The van der Waals surface area contributed by atoms with Gasteiger partial charge in [0.2, 0.25) is 5.91 Å². The van der Waals surface area contributed by atoms with Gasteiger partial charge in [0.15, 0.2) is 0 Å². The molecule has 0 radical (unpaired) electrons. The molecule has 1 fully saturated rings. The van der Waals surface area contributed by atoms with Gasteiger partial charge in [-0.15, -0.1) is 0 Å². The third-order valence-corrected chi connectivity index (χ3v) is 3.57. The molecule has 2 N–H and O–H groups in total. The number of hydrogen-bond acceptors (Lipinski definition) is 3. The van der Waals surface area contributed by atoms with Gasteiger partial charge in [-0.1, -0.05) is 34.4 Å². The second-order valence-corrected chi connectivity index (χ2v) is 4.96. The molecule has 0 aromatic heterocycles. The number of rotatable bonds is 4. The SMILES string of the molecule is O=C(NCc1ccc(Cl)c(/C=N\O)c1Cl)C1CC1. The van der Waals surface area contributed by atoms with Crippen LogP contribution in [0.25, 0.3) is 0 Å². The predicted octanol–water partition coefficient (Wildman–Crippen LogP) is 2.83. The second-order valence-electron chi connectivity index (χ2n) is 4.17. The van der Waals surface area contributed by atoms with Crippen LogP contribution in [0.4, 0.5) is 0 Å². The van der Waals surface area contributed by atoms with Crippen LogP contribution in [0.5, 0.6) is 0 Å². The molecule has 1 aliphatic rings. The summed E-state index contributed by atoms with van der Waals surface area (Å²) in [5, 5.41) is 15.1. The first-order valence-electron chi connectivity index (χ1n) is 5.55. The van der Waals surface area contributed by atoms with Crippen molar-refractivity contribution < 1.29 is 10.0 Å². The van der Waals surface area contributed by atoms with Crippen molar-refractivity contribution in [3.8, 4) is 0 Å². The minimum absolute atomic E-state index is 0.0541. The summed E-state index contributed by atoms with van der Waals surface area (Å²) in [6.07, 6.45) is 3.10. The molecule has 6 heteroatoms. The van der Waals surface area contributed by atoms with E-state index in [1.165, 1.54) is 6.21 Å². The smallest absolute Gasteiger partial charge is 0.223 e. The van der Waals surface area contributed by atoms with Crippen molar-refractivity contribution in [1.82, 2.24) is 5.32 Å². The lowest BCUT2D eigenvalue weighted by atomic mass is 10.1. The summed E-state index contributed by atoms with van der Waals surface area (Å²) >= 11 is 12.1. The summed E-state index contributed by atoms with van der Waals surface area (Å²) in [5.41, 5.74) is 1.18. The lowest BCUT2D eigenvalue weighted by Gasteiger charge is -2.09. The van der Waals surface area contributed by atoms with Crippen molar-refractivity contribution in [1.29, 1.82) is 0 Å². The quantitative estimate of drug-likeness (QED) is 0.508. The first kappa shape index (κ1) is 13.2. The Hall–Kier alpha value is -1.26. The van der Waals surface area contributed by atoms with Crippen LogP contribution in [0.2, 0.25) is 10.0 Å². The summed E-state index contributed by atoms with van der Waals surface area (Å²) in [4.78, 5) is 11.5. The van der Waals surface area contributed by atoms with Crippen LogP contribution in [0.1, 0.15) is 24.0 Å². The van der Waals surface area contributed by atoms with E-state index in [1.54, 1.807) is 12.1 Å². The number of nitrogens with zero attached hydrogens (tertiary/aromatic N) is 1. The van der Waals surface area contributed by atoms with Gasteiger partial charge in [0.1, 0.15) is 0 Å². The van der Waals surface area contributed by atoms with Crippen molar-refractivity contribution >= 4 is 35.3 Å². The first-order valence-corrected chi connectivity index (χ1v) is 6.31. The van der Waals surface area contributed by atoms with E-state index in [-0.39, 0.29) is 11.8 Å². The summed E-state index contributed by atoms with van der Waals surface area (Å²) in [6.45, 7) is 0.345. The van der Waals surface area contributed by atoms with Crippen molar-refractivity contribution in [3.05, 3.63) is 33.3 Å². The summed E-state index contributed by atoms with van der Waals surface area (Å²) < 4.78 is 0. The molecule has 4 nitrogen and oxygen atoms in total. The van der Waals surface area contributed by atoms with E-state index in [0.29, 0.717) is 22.2 Å². The molecule has 1 aliphatic carbocycles. The van der Waals surface area contributed by atoms with E-state index in [2.05, 4.69) is 10.5 Å². The topological polar surface area (TPSA) is 61.7 Å². The normalized spacial score (nSPS) is 15.0. The minimum Gasteiger partial charge on any atom is -0.411 e. The van der Waals surface area contributed by atoms with Crippen molar-refractivity contribution in [3.63, 3.8) is 0 Å². The Balaban J connectivity index is 2.12. The van der Waals surface area contributed by atoms with Crippen LogP contribution in [0.15, 0.2) is 17.3 Å². The molecule has 2 rings (SSSR count). The van der Waals surface area contributed by atoms with Gasteiger partial charge in [-0.25, -0.2) is 0 Å². The zero-order chi connectivity index (χ0) is 13.1. The Morgan fingerprint density at radius 2 is 2.22 bits per heavy atom. The Kier molecular flexibility index (Phi) is 4.09. The maximum atomic E-state index is 11.5. The maximum Gasteiger partial charge on any atom is 0.223 e. The Morgan fingerprint density at radius 1 is 1.50 bits per heavy atom. The van der Waals surface area contributed by atoms with E-state index in [4.69, 9.17) is 28.4 Å². The third kappa shape index (κ3) is 2.94. The zero-order valence-corrected chi connectivity index (χ0v) is 11.0. The van der Waals surface area contributed by atoms with Gasteiger partial charge >= 0.3 is 0 Å². The molecular weight excluding hydrogens is 275 g/mol. The largest absolute Gasteiger partial charge is 0.411 e. The number of hydrogen-bond donors (Lipinski definition) is 2. The molecule has 0 unspecified atom stereocenters. The van der Waals surface area contributed by atoms with E-state index >= 15 is 0 Å². The van der Waals surface area contributed by atoms with E-state index < -0.39 is 0 Å². The number of benzene rings is 1. The van der Waals surface area contributed by atoms with Crippen LogP contribution in [-0.2, 0) is 11.3 Å². The molecule has 1 aromatic rings. The molecule has 0 atom stereocenters. The van der Waals surface area contributed by atoms with E-state index in [9.17, 15) is 4.79 Å². The first-order chi connectivity index (χ1) is 8.63. The molecule has 0 spiro atoms. The molecule has 1 amide bonds. The Morgan fingerprint density at radius 3 is 2.83 bits per heavy atom. The van der Waals surface area contributed by atoms with Gasteiger partial charge in [-0.05, 0) is 24.5 Å². The summed E-state index contributed by atoms with van der Waals surface area (Å²) in [6, 6.07) is 3.40. The highest BCUT2D eigenvalue weighted by Crippen LogP contribution is 2.30. The lowest BCUT2D eigenvalue weighted by molar-refractivity contribution is -0.122. The summed E-state index contributed by atoms with van der Waals surface area (Å²) in [7, 11) is 0. The molecule has 18 heavy (non-hydrogen) atoms. The molecular formula is C12H12Cl2N2O2.